The summed E-state index contributed by atoms with van der Waals surface area (Å²) < 4.78 is 0. The third-order valence-corrected chi connectivity index (χ3v) is 7.42. The first-order chi connectivity index (χ1) is 17.7. The van der Waals surface area contributed by atoms with Crippen LogP contribution in [0.3, 0.4) is 0 Å². The number of carbonyl (C=O) groups excluding carboxylic acids is 2. The second-order valence-electron chi connectivity index (χ2n) is 10.4. The minimum Gasteiger partial charge on any atom is -0.356 e. The molecular weight excluding hydrogens is 470 g/mol. The van der Waals surface area contributed by atoms with Gasteiger partial charge in [-0.2, -0.15) is 0 Å². The molecule has 1 aliphatic rings. The fourth-order valence-corrected chi connectivity index (χ4v) is 5.29. The lowest BCUT2D eigenvalue weighted by Gasteiger charge is -2.51. The van der Waals surface area contributed by atoms with Crippen molar-refractivity contribution in [3.8, 4) is 11.4 Å². The molecule has 1 fully saturated rings. The van der Waals surface area contributed by atoms with E-state index in [0.717, 1.165) is 36.9 Å². The molecular formula is C28H33N5O4. The number of nitro benzene ring substituents is 1. The molecule has 0 bridgehead atoms. The van der Waals surface area contributed by atoms with E-state index >= 15 is 0 Å². The van der Waals surface area contributed by atoms with Crippen LogP contribution in [0.15, 0.2) is 55.0 Å². The van der Waals surface area contributed by atoms with Crippen molar-refractivity contribution in [2.24, 2.45) is 17.3 Å². The molecule has 0 radical (unpaired) electrons. The lowest BCUT2D eigenvalue weighted by Crippen LogP contribution is -2.48. The van der Waals surface area contributed by atoms with Gasteiger partial charge in [0.25, 0.3) is 5.69 Å². The number of nitrogens with zero attached hydrogens (tertiary/aromatic N) is 3. The molecule has 0 saturated heterocycles. The van der Waals surface area contributed by atoms with Gasteiger partial charge in [0.15, 0.2) is 0 Å². The number of nitrogens with one attached hydrogen (secondary N) is 2. The van der Waals surface area contributed by atoms with Crippen LogP contribution in [0.4, 0.5) is 5.69 Å². The summed E-state index contributed by atoms with van der Waals surface area (Å²) in [5.41, 5.74) is 2.80. The second kappa shape index (κ2) is 11.5. The molecule has 2 N–H and O–H groups in total. The molecule has 1 amide bonds. The zero-order valence-corrected chi connectivity index (χ0v) is 21.3. The summed E-state index contributed by atoms with van der Waals surface area (Å²) in [6.45, 7) is 4.92. The Morgan fingerprint density at radius 2 is 1.95 bits per heavy atom. The maximum absolute atomic E-state index is 12.9. The molecule has 0 aliphatic heterocycles. The van der Waals surface area contributed by atoms with E-state index in [1.54, 1.807) is 30.7 Å². The van der Waals surface area contributed by atoms with Gasteiger partial charge in [-0.05, 0) is 54.7 Å². The van der Waals surface area contributed by atoms with Gasteiger partial charge in [0.05, 0.1) is 4.92 Å². The standard InChI is InChI=1S/C28H33N5O4/c1-28(2)17-23(25(34)8-9-26(35)30-15-12-19-10-13-29-14-11-19)24(28)7-6-21-18-31-27(32-21)20-4-3-5-22(16-20)33(36)37/h3-5,10-11,13-14,16,18,23-24H,6-9,12,15,17H2,1-2H3,(H,30,35)(H,31,32)/t23-,24+/m0/s1. The number of aryl methyl sites for hydroxylation is 1. The lowest BCUT2D eigenvalue weighted by molar-refractivity contribution is -0.384. The van der Waals surface area contributed by atoms with Crippen molar-refractivity contribution in [1.82, 2.24) is 20.3 Å². The monoisotopic (exact) mass is 503 g/mol. The second-order valence-corrected chi connectivity index (χ2v) is 10.4. The number of H-pyrrole nitrogens is 1. The first-order valence-electron chi connectivity index (χ1n) is 12.7. The molecule has 194 valence electrons. The Bertz CT molecular complexity index is 1250. The number of imidazole rings is 1. The van der Waals surface area contributed by atoms with Gasteiger partial charge in [0, 0.05) is 67.3 Å². The van der Waals surface area contributed by atoms with E-state index in [9.17, 15) is 19.7 Å². The van der Waals surface area contributed by atoms with Crippen LogP contribution in [0.5, 0.6) is 0 Å². The van der Waals surface area contributed by atoms with Gasteiger partial charge < -0.3 is 10.3 Å². The fraction of sp³-hybridized carbons (Fsp3) is 0.429. The molecule has 0 unspecified atom stereocenters. The quantitative estimate of drug-likeness (QED) is 0.272. The zero-order chi connectivity index (χ0) is 26.4. The number of hydrogen-bond acceptors (Lipinski definition) is 6. The summed E-state index contributed by atoms with van der Waals surface area (Å²) >= 11 is 0. The Kier molecular flexibility index (Phi) is 8.11. The zero-order valence-electron chi connectivity index (χ0n) is 21.3. The molecule has 3 aromatic rings. The predicted molar refractivity (Wildman–Crippen MR) is 140 cm³/mol. The molecule has 2 aromatic heterocycles. The molecule has 0 spiro atoms. The van der Waals surface area contributed by atoms with Gasteiger partial charge in [0.1, 0.15) is 11.6 Å². The van der Waals surface area contributed by atoms with Crippen molar-refractivity contribution in [1.29, 1.82) is 0 Å². The predicted octanol–water partition coefficient (Wildman–Crippen LogP) is 4.68. The van der Waals surface area contributed by atoms with Crippen molar-refractivity contribution in [2.75, 3.05) is 6.54 Å². The Balaban J connectivity index is 1.25. The number of nitro groups is 1. The number of benzene rings is 1. The van der Waals surface area contributed by atoms with E-state index in [1.807, 2.05) is 12.1 Å². The number of carbonyl (C=O) groups is 2. The Labute approximate surface area is 216 Å². The van der Waals surface area contributed by atoms with Crippen molar-refractivity contribution in [3.05, 3.63) is 76.4 Å². The van der Waals surface area contributed by atoms with E-state index in [1.165, 1.54) is 12.1 Å². The minimum atomic E-state index is -0.421. The van der Waals surface area contributed by atoms with E-state index in [4.69, 9.17) is 0 Å². The fourth-order valence-electron chi connectivity index (χ4n) is 5.29. The van der Waals surface area contributed by atoms with E-state index in [-0.39, 0.29) is 47.5 Å². The van der Waals surface area contributed by atoms with Gasteiger partial charge in [-0.3, -0.25) is 24.7 Å². The number of Topliss-reactive ketones (excluding diaryl/α,β-unsaturated/α-hetero) is 1. The van der Waals surface area contributed by atoms with E-state index < -0.39 is 4.92 Å². The third kappa shape index (κ3) is 6.67. The summed E-state index contributed by atoms with van der Waals surface area (Å²) in [7, 11) is 0. The van der Waals surface area contributed by atoms with Crippen LogP contribution in [0, 0.1) is 27.4 Å². The highest BCUT2D eigenvalue weighted by molar-refractivity contribution is 5.87. The molecule has 9 nitrogen and oxygen atoms in total. The van der Waals surface area contributed by atoms with E-state index in [2.05, 4.69) is 34.1 Å². The average molecular weight is 504 g/mol. The van der Waals surface area contributed by atoms with Gasteiger partial charge in [-0.25, -0.2) is 4.98 Å². The molecule has 4 rings (SSSR count). The summed E-state index contributed by atoms with van der Waals surface area (Å²) in [5.74, 6) is 0.867. The number of pyridine rings is 1. The van der Waals surface area contributed by atoms with Crippen LogP contribution in [-0.2, 0) is 22.4 Å². The highest BCUT2D eigenvalue weighted by Crippen LogP contribution is 2.53. The van der Waals surface area contributed by atoms with Crippen molar-refractivity contribution in [2.45, 2.75) is 52.4 Å². The highest BCUT2D eigenvalue weighted by Gasteiger charge is 2.49. The van der Waals surface area contributed by atoms with Crippen LogP contribution in [0.2, 0.25) is 0 Å². The van der Waals surface area contributed by atoms with E-state index in [0.29, 0.717) is 17.9 Å². The van der Waals surface area contributed by atoms with Gasteiger partial charge in [0.2, 0.25) is 5.91 Å². The Hall–Kier alpha value is -3.88. The van der Waals surface area contributed by atoms with Crippen LogP contribution in [0.25, 0.3) is 11.4 Å². The molecule has 2 heterocycles. The van der Waals surface area contributed by atoms with Crippen LogP contribution < -0.4 is 5.32 Å². The molecule has 1 aliphatic carbocycles. The molecule has 37 heavy (non-hydrogen) atoms. The third-order valence-electron chi connectivity index (χ3n) is 7.42. The topological polar surface area (TPSA) is 131 Å². The maximum Gasteiger partial charge on any atom is 0.270 e. The largest absolute Gasteiger partial charge is 0.356 e. The number of aromatic nitrogens is 3. The lowest BCUT2D eigenvalue weighted by atomic mass is 9.53. The van der Waals surface area contributed by atoms with Crippen molar-refractivity contribution < 1.29 is 14.5 Å². The first-order valence-corrected chi connectivity index (χ1v) is 12.7. The molecule has 2 atom stereocenters. The Morgan fingerprint density at radius 1 is 1.16 bits per heavy atom. The normalized spacial score (nSPS) is 18.1. The van der Waals surface area contributed by atoms with Crippen LogP contribution in [-0.4, -0.2) is 38.1 Å². The molecule has 1 saturated carbocycles. The number of aromatic amines is 1. The number of non-ortho nitro benzene ring substituents is 1. The summed E-state index contributed by atoms with van der Waals surface area (Å²) in [6, 6.07) is 10.2. The van der Waals surface area contributed by atoms with Crippen LogP contribution >= 0.6 is 0 Å². The first kappa shape index (κ1) is 26.2. The van der Waals surface area contributed by atoms with Gasteiger partial charge in [-0.1, -0.05) is 26.0 Å². The number of rotatable bonds is 12. The van der Waals surface area contributed by atoms with Gasteiger partial charge in [-0.15, -0.1) is 0 Å². The number of amides is 1. The number of ketones is 1. The molecule has 9 heteroatoms. The minimum absolute atomic E-state index is 0.0236. The summed E-state index contributed by atoms with van der Waals surface area (Å²) in [6.07, 6.45) is 8.83. The van der Waals surface area contributed by atoms with Gasteiger partial charge >= 0.3 is 0 Å². The highest BCUT2D eigenvalue weighted by atomic mass is 16.6. The summed E-state index contributed by atoms with van der Waals surface area (Å²) in [4.78, 5) is 47.5. The number of hydrogen-bond donors (Lipinski definition) is 2. The maximum atomic E-state index is 12.9. The average Bonchev–Trinajstić information content (AvgIpc) is 3.36. The van der Waals surface area contributed by atoms with Crippen molar-refractivity contribution >= 4 is 17.4 Å². The SMILES string of the molecule is CC1(C)C[C@H](C(=O)CCC(=O)NCCc2ccncc2)[C@H]1CCc1cnc(-c2cccc([N+](=O)[O-])c2)[nH]1. The smallest absolute Gasteiger partial charge is 0.270 e. The summed E-state index contributed by atoms with van der Waals surface area (Å²) in [5, 5.41) is 14.0. The van der Waals surface area contributed by atoms with Crippen LogP contribution in [0.1, 0.15) is 50.8 Å². The Morgan fingerprint density at radius 3 is 2.68 bits per heavy atom. The molecule has 1 aromatic carbocycles. The van der Waals surface area contributed by atoms with Crippen molar-refractivity contribution in [3.63, 3.8) is 0 Å².